The van der Waals surface area contributed by atoms with Crippen molar-refractivity contribution < 1.29 is 21.6 Å². The van der Waals surface area contributed by atoms with E-state index in [9.17, 15) is 21.6 Å². The summed E-state index contributed by atoms with van der Waals surface area (Å²) in [6, 6.07) is 0.875. The predicted octanol–water partition coefficient (Wildman–Crippen LogP) is 2.15. The minimum atomic E-state index is -4.21. The molecule has 3 N–H and O–H groups in total. The zero-order chi connectivity index (χ0) is 16.4. The maximum atomic E-state index is 13.2. The Morgan fingerprint density at radius 1 is 1.24 bits per heavy atom. The fourth-order valence-corrected chi connectivity index (χ4v) is 3.59. The summed E-state index contributed by atoms with van der Waals surface area (Å²) in [6.45, 7) is 5.39. The number of hydrogen-bond acceptors (Lipinski definition) is 3. The van der Waals surface area contributed by atoms with E-state index in [2.05, 4.69) is 4.72 Å². The molecular weight excluding hydrogens is 305 g/mol. The van der Waals surface area contributed by atoms with E-state index in [1.807, 2.05) is 13.8 Å². The van der Waals surface area contributed by atoms with Gasteiger partial charge >= 0.3 is 0 Å². The molecule has 0 saturated carbocycles. The zero-order valence-corrected chi connectivity index (χ0v) is 12.9. The molecule has 0 bridgehead atoms. The van der Waals surface area contributed by atoms with Crippen molar-refractivity contribution in [3.63, 3.8) is 0 Å². The molecule has 0 aromatic heterocycles. The van der Waals surface area contributed by atoms with Gasteiger partial charge in [-0.25, -0.2) is 26.3 Å². The first kappa shape index (κ1) is 17.9. The summed E-state index contributed by atoms with van der Waals surface area (Å²) in [5, 5.41) is 0. The van der Waals surface area contributed by atoms with E-state index in [4.69, 9.17) is 5.73 Å². The lowest BCUT2D eigenvalue weighted by Gasteiger charge is -2.30. The molecule has 0 amide bonds. The summed E-state index contributed by atoms with van der Waals surface area (Å²) in [5.41, 5.74) is 4.63. The van der Waals surface area contributed by atoms with Crippen LogP contribution in [0.3, 0.4) is 0 Å². The van der Waals surface area contributed by atoms with Crippen molar-refractivity contribution in [3.8, 4) is 0 Å². The number of sulfonamides is 1. The molecule has 1 rings (SSSR count). The van der Waals surface area contributed by atoms with Crippen molar-refractivity contribution in [1.29, 1.82) is 0 Å². The standard InChI is InChI=1S/C13H19F3N2O2S/c1-8(2)6-13(3,7-17)18-21(19,20)9-4-10(14)12(16)11(15)5-9/h4-5,8,18H,6-7,17H2,1-3H3. The van der Waals surface area contributed by atoms with Gasteiger partial charge in [0.1, 0.15) is 0 Å². The summed E-state index contributed by atoms with van der Waals surface area (Å²) in [4.78, 5) is -0.678. The third-order valence-electron chi connectivity index (χ3n) is 2.96. The lowest BCUT2D eigenvalue weighted by Crippen LogP contribution is -2.52. The predicted molar refractivity (Wildman–Crippen MR) is 73.6 cm³/mol. The van der Waals surface area contributed by atoms with Crippen molar-refractivity contribution in [2.24, 2.45) is 11.7 Å². The van der Waals surface area contributed by atoms with Crippen LogP contribution in [-0.4, -0.2) is 20.5 Å². The summed E-state index contributed by atoms with van der Waals surface area (Å²) < 4.78 is 65.9. The fourth-order valence-electron chi connectivity index (χ4n) is 2.14. The van der Waals surface area contributed by atoms with Crippen LogP contribution in [-0.2, 0) is 10.0 Å². The molecule has 8 heteroatoms. The number of rotatable bonds is 6. The molecular formula is C13H19F3N2O2S. The number of halogens is 3. The van der Waals surface area contributed by atoms with Gasteiger partial charge in [-0.2, -0.15) is 0 Å². The third kappa shape index (κ3) is 4.42. The van der Waals surface area contributed by atoms with E-state index in [1.54, 1.807) is 6.92 Å². The highest BCUT2D eigenvalue weighted by atomic mass is 32.2. The Kier molecular flexibility index (Phi) is 5.40. The van der Waals surface area contributed by atoms with Gasteiger partial charge in [0, 0.05) is 12.1 Å². The minimum Gasteiger partial charge on any atom is -0.329 e. The van der Waals surface area contributed by atoms with Gasteiger partial charge in [-0.1, -0.05) is 13.8 Å². The third-order valence-corrected chi connectivity index (χ3v) is 4.58. The maximum absolute atomic E-state index is 13.2. The van der Waals surface area contributed by atoms with Crippen molar-refractivity contribution >= 4 is 10.0 Å². The van der Waals surface area contributed by atoms with Crippen molar-refractivity contribution in [2.45, 2.75) is 37.6 Å². The SMILES string of the molecule is CC(C)CC(C)(CN)NS(=O)(=O)c1cc(F)c(F)c(F)c1. The summed E-state index contributed by atoms with van der Waals surface area (Å²) >= 11 is 0. The molecule has 120 valence electrons. The molecule has 0 spiro atoms. The number of nitrogens with one attached hydrogen (secondary N) is 1. The molecule has 1 aromatic rings. The molecule has 0 saturated heterocycles. The molecule has 1 unspecified atom stereocenters. The van der Waals surface area contributed by atoms with Crippen molar-refractivity contribution in [1.82, 2.24) is 4.72 Å². The second kappa shape index (κ2) is 6.33. The average molecular weight is 324 g/mol. The largest absolute Gasteiger partial charge is 0.329 e. The Hall–Kier alpha value is -1.12. The average Bonchev–Trinajstić information content (AvgIpc) is 2.33. The van der Waals surface area contributed by atoms with Crippen LogP contribution in [0.4, 0.5) is 13.2 Å². The quantitative estimate of drug-likeness (QED) is 0.788. The lowest BCUT2D eigenvalue weighted by molar-refractivity contribution is 0.344. The number of nitrogens with two attached hydrogens (primary N) is 1. The van der Waals surface area contributed by atoms with Crippen LogP contribution in [0.15, 0.2) is 17.0 Å². The van der Waals surface area contributed by atoms with Crippen LogP contribution in [0.1, 0.15) is 27.2 Å². The highest BCUT2D eigenvalue weighted by Gasteiger charge is 2.31. The first-order valence-corrected chi connectivity index (χ1v) is 7.87. The Labute approximate surface area is 122 Å². The molecule has 0 aliphatic rings. The first-order valence-electron chi connectivity index (χ1n) is 6.39. The highest BCUT2D eigenvalue weighted by molar-refractivity contribution is 7.89. The molecule has 0 aliphatic carbocycles. The van der Waals surface area contributed by atoms with Gasteiger partial charge in [0.05, 0.1) is 4.90 Å². The molecule has 0 fully saturated rings. The second-order valence-corrected chi connectivity index (χ2v) is 7.35. The van der Waals surface area contributed by atoms with E-state index < -0.39 is 37.9 Å². The van der Waals surface area contributed by atoms with E-state index in [1.165, 1.54) is 0 Å². The van der Waals surface area contributed by atoms with Gasteiger partial charge in [0.25, 0.3) is 0 Å². The Morgan fingerprint density at radius 3 is 2.10 bits per heavy atom. The van der Waals surface area contributed by atoms with Crippen LogP contribution in [0.2, 0.25) is 0 Å². The van der Waals surface area contributed by atoms with E-state index >= 15 is 0 Å². The van der Waals surface area contributed by atoms with Gasteiger partial charge in [0.15, 0.2) is 17.5 Å². The first-order chi connectivity index (χ1) is 9.50. The van der Waals surface area contributed by atoms with Crippen LogP contribution in [0.5, 0.6) is 0 Å². The Bertz CT molecular complexity index is 597. The van der Waals surface area contributed by atoms with Gasteiger partial charge in [-0.15, -0.1) is 0 Å². The smallest absolute Gasteiger partial charge is 0.241 e. The van der Waals surface area contributed by atoms with Crippen LogP contribution in [0, 0.1) is 23.4 Å². The van der Waals surface area contributed by atoms with Gasteiger partial charge in [0.2, 0.25) is 10.0 Å². The molecule has 0 heterocycles. The normalized spacial score (nSPS) is 15.2. The topological polar surface area (TPSA) is 72.2 Å². The fraction of sp³-hybridized carbons (Fsp3) is 0.538. The van der Waals surface area contributed by atoms with Gasteiger partial charge in [-0.05, 0) is 31.4 Å². The lowest BCUT2D eigenvalue weighted by atomic mass is 9.92. The monoisotopic (exact) mass is 324 g/mol. The van der Waals surface area contributed by atoms with Crippen LogP contribution >= 0.6 is 0 Å². The summed E-state index contributed by atoms with van der Waals surface area (Å²) in [6.07, 6.45) is 0.439. The van der Waals surface area contributed by atoms with E-state index in [0.29, 0.717) is 18.6 Å². The van der Waals surface area contributed by atoms with Crippen molar-refractivity contribution in [3.05, 3.63) is 29.6 Å². The molecule has 1 aromatic carbocycles. The number of benzene rings is 1. The molecule has 0 aliphatic heterocycles. The molecule has 21 heavy (non-hydrogen) atoms. The van der Waals surface area contributed by atoms with Gasteiger partial charge in [-0.3, -0.25) is 0 Å². The Balaban J connectivity index is 3.17. The van der Waals surface area contributed by atoms with E-state index in [-0.39, 0.29) is 12.5 Å². The highest BCUT2D eigenvalue weighted by Crippen LogP contribution is 2.22. The molecule has 0 radical (unpaired) electrons. The van der Waals surface area contributed by atoms with Crippen LogP contribution in [0.25, 0.3) is 0 Å². The minimum absolute atomic E-state index is 0.0105. The number of hydrogen-bond donors (Lipinski definition) is 2. The summed E-state index contributed by atoms with van der Waals surface area (Å²) in [7, 11) is -4.21. The molecule has 1 atom stereocenters. The molecule has 4 nitrogen and oxygen atoms in total. The summed E-state index contributed by atoms with van der Waals surface area (Å²) in [5.74, 6) is -4.68. The van der Waals surface area contributed by atoms with Gasteiger partial charge < -0.3 is 5.73 Å². The maximum Gasteiger partial charge on any atom is 0.241 e. The zero-order valence-electron chi connectivity index (χ0n) is 12.1. The van der Waals surface area contributed by atoms with E-state index in [0.717, 1.165) is 0 Å². The van der Waals surface area contributed by atoms with Crippen molar-refractivity contribution in [2.75, 3.05) is 6.54 Å². The second-order valence-electron chi connectivity index (χ2n) is 5.67. The van der Waals surface area contributed by atoms with Crippen LogP contribution < -0.4 is 10.5 Å². The Morgan fingerprint density at radius 2 is 1.71 bits per heavy atom.